The van der Waals surface area contributed by atoms with Crippen LogP contribution in [0.1, 0.15) is 0 Å². The summed E-state index contributed by atoms with van der Waals surface area (Å²) in [4.78, 5) is 27.6. The number of morpholine rings is 1. The molecular weight excluding hydrogens is 384 g/mol. The zero-order chi connectivity index (χ0) is 21.3. The molecule has 2 aromatic rings. The van der Waals surface area contributed by atoms with Crippen LogP contribution in [0.2, 0.25) is 0 Å². The molecule has 8 nitrogen and oxygen atoms in total. The number of hydrogen-bond acceptors (Lipinski definition) is 5. The van der Waals surface area contributed by atoms with Crippen molar-refractivity contribution in [3.05, 3.63) is 48.5 Å². The average Bonchev–Trinajstić information content (AvgIpc) is 2.75. The van der Waals surface area contributed by atoms with Crippen molar-refractivity contribution >= 4 is 28.9 Å². The van der Waals surface area contributed by atoms with Gasteiger partial charge >= 0.3 is 0 Å². The van der Waals surface area contributed by atoms with Crippen LogP contribution in [0.15, 0.2) is 48.5 Å². The number of rotatable bonds is 8. The summed E-state index contributed by atoms with van der Waals surface area (Å²) in [7, 11) is 3.41. The number of nitrogens with one attached hydrogen (secondary N) is 3. The minimum atomic E-state index is -0.152. The highest BCUT2D eigenvalue weighted by molar-refractivity contribution is 5.93. The maximum atomic E-state index is 12.3. The monoisotopic (exact) mass is 413 g/mol. The first kappa shape index (κ1) is 21.6. The van der Waals surface area contributed by atoms with Gasteiger partial charge in [0, 0.05) is 30.2 Å². The topological polar surface area (TPSA) is 84.3 Å². The summed E-state index contributed by atoms with van der Waals surface area (Å²) in [6, 6.07) is 14.9. The smallest absolute Gasteiger partial charge is 0.279 e. The van der Waals surface area contributed by atoms with E-state index < -0.39 is 0 Å². The summed E-state index contributed by atoms with van der Waals surface area (Å²) in [6.07, 6.45) is 0. The number of carbonyl (C=O) groups excluding carboxylic acids is 2. The highest BCUT2D eigenvalue weighted by atomic mass is 16.5. The molecule has 0 saturated carbocycles. The third kappa shape index (κ3) is 6.47. The van der Waals surface area contributed by atoms with Gasteiger partial charge < -0.3 is 29.9 Å². The van der Waals surface area contributed by atoms with Gasteiger partial charge in [-0.1, -0.05) is 0 Å². The zero-order valence-electron chi connectivity index (χ0n) is 17.4. The summed E-state index contributed by atoms with van der Waals surface area (Å²) >= 11 is 0. The molecule has 1 atom stereocenters. The van der Waals surface area contributed by atoms with Crippen molar-refractivity contribution in [2.24, 2.45) is 0 Å². The Morgan fingerprint density at radius 2 is 1.43 bits per heavy atom. The van der Waals surface area contributed by atoms with Gasteiger partial charge in [0.2, 0.25) is 0 Å². The van der Waals surface area contributed by atoms with Gasteiger partial charge in [-0.2, -0.15) is 0 Å². The largest absolute Gasteiger partial charge is 0.497 e. The van der Waals surface area contributed by atoms with Crippen molar-refractivity contribution < 1.29 is 24.0 Å². The summed E-state index contributed by atoms with van der Waals surface area (Å²) in [5.74, 6) is 0.439. The van der Waals surface area contributed by atoms with Crippen molar-refractivity contribution in [1.29, 1.82) is 0 Å². The van der Waals surface area contributed by atoms with Crippen LogP contribution in [0.3, 0.4) is 0 Å². The van der Waals surface area contributed by atoms with Gasteiger partial charge in [0.05, 0.1) is 27.4 Å². The number of hydrogen-bond donors (Lipinski definition) is 3. The van der Waals surface area contributed by atoms with Gasteiger partial charge in [0.1, 0.15) is 5.75 Å². The Morgan fingerprint density at radius 3 is 1.93 bits per heavy atom. The Bertz CT molecular complexity index is 833. The summed E-state index contributed by atoms with van der Waals surface area (Å²) in [6.45, 7) is 3.60. The van der Waals surface area contributed by atoms with E-state index in [1.165, 1.54) is 0 Å². The molecule has 2 amide bonds. The van der Waals surface area contributed by atoms with E-state index in [0.29, 0.717) is 5.69 Å². The second kappa shape index (κ2) is 10.6. The Labute approximate surface area is 176 Å². The van der Waals surface area contributed by atoms with E-state index in [2.05, 4.69) is 15.5 Å². The number of amides is 2. The maximum absolute atomic E-state index is 12.3. The van der Waals surface area contributed by atoms with E-state index >= 15 is 0 Å². The van der Waals surface area contributed by atoms with Gasteiger partial charge in [0.25, 0.3) is 11.8 Å². The molecule has 1 aliphatic rings. The van der Waals surface area contributed by atoms with E-state index in [4.69, 9.17) is 9.47 Å². The molecule has 3 N–H and O–H groups in total. The van der Waals surface area contributed by atoms with E-state index in [9.17, 15) is 9.59 Å². The van der Waals surface area contributed by atoms with E-state index in [-0.39, 0.29) is 24.9 Å². The molecule has 1 saturated heterocycles. The Morgan fingerprint density at radius 1 is 0.933 bits per heavy atom. The summed E-state index contributed by atoms with van der Waals surface area (Å²) in [5.41, 5.74) is 2.56. The standard InChI is InChI=1S/C22H28N4O4/c1-25(16-22(28)24-18-5-9-20(29-2)10-6-18)15-21(27)23-17-3-7-19(8-4-17)26-11-13-30-14-12-26/h3-10H,11-16H2,1-2H3,(H,23,27)(H,24,28)/p+1. The second-order valence-electron chi connectivity index (χ2n) is 7.28. The van der Waals surface area contributed by atoms with Crippen molar-refractivity contribution in [2.75, 3.05) is 69.1 Å². The first-order valence-electron chi connectivity index (χ1n) is 10.0. The van der Waals surface area contributed by atoms with E-state index in [1.54, 1.807) is 31.4 Å². The fourth-order valence-corrected chi connectivity index (χ4v) is 3.27. The molecule has 1 heterocycles. The van der Waals surface area contributed by atoms with E-state index in [0.717, 1.165) is 48.3 Å². The number of nitrogens with zero attached hydrogens (tertiary/aromatic N) is 1. The lowest BCUT2D eigenvalue weighted by molar-refractivity contribution is -0.862. The summed E-state index contributed by atoms with van der Waals surface area (Å²) in [5, 5.41) is 5.71. The molecule has 0 aliphatic carbocycles. The zero-order valence-corrected chi connectivity index (χ0v) is 17.4. The van der Waals surface area contributed by atoms with Crippen LogP contribution in [-0.2, 0) is 14.3 Å². The third-order valence-corrected chi connectivity index (χ3v) is 4.83. The van der Waals surface area contributed by atoms with Crippen molar-refractivity contribution in [1.82, 2.24) is 0 Å². The van der Waals surface area contributed by atoms with E-state index in [1.807, 2.05) is 31.3 Å². The molecule has 1 unspecified atom stereocenters. The minimum absolute atomic E-state index is 0.135. The van der Waals surface area contributed by atoms with Gasteiger partial charge in [-0.3, -0.25) is 9.59 Å². The van der Waals surface area contributed by atoms with Crippen LogP contribution in [0.5, 0.6) is 5.75 Å². The molecular formula is C22H29N4O4+. The van der Waals surface area contributed by atoms with Crippen molar-refractivity contribution in [3.8, 4) is 5.75 Å². The van der Waals surface area contributed by atoms with Crippen LogP contribution in [-0.4, -0.2) is 65.4 Å². The van der Waals surface area contributed by atoms with Gasteiger partial charge in [-0.15, -0.1) is 0 Å². The molecule has 30 heavy (non-hydrogen) atoms. The van der Waals surface area contributed by atoms with Gasteiger partial charge in [-0.25, -0.2) is 0 Å². The van der Waals surface area contributed by atoms with Crippen molar-refractivity contribution in [3.63, 3.8) is 0 Å². The number of benzene rings is 2. The van der Waals surface area contributed by atoms with Crippen LogP contribution in [0.4, 0.5) is 17.1 Å². The number of carbonyl (C=O) groups is 2. The third-order valence-electron chi connectivity index (χ3n) is 4.83. The lowest BCUT2D eigenvalue weighted by atomic mass is 10.2. The minimum Gasteiger partial charge on any atom is -0.497 e. The molecule has 3 rings (SSSR count). The van der Waals surface area contributed by atoms with Crippen LogP contribution < -0.4 is 25.2 Å². The Kier molecular flexibility index (Phi) is 7.64. The molecule has 0 radical (unpaired) electrons. The average molecular weight is 413 g/mol. The fourth-order valence-electron chi connectivity index (χ4n) is 3.27. The quantitative estimate of drug-likeness (QED) is 0.591. The molecule has 1 fully saturated rings. The first-order chi connectivity index (χ1) is 14.5. The predicted molar refractivity (Wildman–Crippen MR) is 116 cm³/mol. The fraction of sp³-hybridized carbons (Fsp3) is 0.364. The molecule has 2 aromatic carbocycles. The molecule has 0 bridgehead atoms. The SMILES string of the molecule is COc1ccc(NC(=O)C[NH+](C)CC(=O)Nc2ccc(N3CCOCC3)cc2)cc1. The Hall–Kier alpha value is -3.10. The first-order valence-corrected chi connectivity index (χ1v) is 10.0. The number of ether oxygens (including phenoxy) is 2. The molecule has 0 aromatic heterocycles. The van der Waals surface area contributed by atoms with Crippen LogP contribution in [0, 0.1) is 0 Å². The highest BCUT2D eigenvalue weighted by Gasteiger charge is 2.15. The molecule has 1 aliphatic heterocycles. The lowest BCUT2D eigenvalue weighted by Gasteiger charge is -2.28. The van der Waals surface area contributed by atoms with Gasteiger partial charge in [-0.05, 0) is 48.5 Å². The predicted octanol–water partition coefficient (Wildman–Crippen LogP) is 0.624. The second-order valence-corrected chi connectivity index (χ2v) is 7.28. The molecule has 0 spiro atoms. The van der Waals surface area contributed by atoms with Crippen LogP contribution in [0.25, 0.3) is 0 Å². The number of anilines is 3. The maximum Gasteiger partial charge on any atom is 0.279 e. The highest BCUT2D eigenvalue weighted by Crippen LogP contribution is 2.19. The normalized spacial score (nSPS) is 14.7. The van der Waals surface area contributed by atoms with Gasteiger partial charge in [0.15, 0.2) is 13.1 Å². The number of likely N-dealkylation sites (N-methyl/N-ethyl adjacent to an activating group) is 1. The Balaban J connectivity index is 1.42. The molecule has 8 heteroatoms. The van der Waals surface area contributed by atoms with Crippen LogP contribution >= 0.6 is 0 Å². The molecule has 160 valence electrons. The lowest BCUT2D eigenvalue weighted by Crippen LogP contribution is -3.11. The number of methoxy groups -OCH3 is 1. The van der Waals surface area contributed by atoms with Crippen molar-refractivity contribution in [2.45, 2.75) is 0 Å². The number of quaternary nitrogens is 1. The summed E-state index contributed by atoms with van der Waals surface area (Å²) < 4.78 is 10.5.